The second-order valence-corrected chi connectivity index (χ2v) is 7.26. The Morgan fingerprint density at radius 2 is 2.07 bits per heavy atom. The van der Waals surface area contributed by atoms with Crippen LogP contribution in [0.1, 0.15) is 35.5 Å². The lowest BCUT2D eigenvalue weighted by Gasteiger charge is -2.24. The largest absolute Gasteiger partial charge is 0.463 e. The number of fused-ring (bicyclic) bond motifs is 1. The zero-order valence-corrected chi connectivity index (χ0v) is 16.2. The Kier molecular flexibility index (Phi) is 6.90. The highest BCUT2D eigenvalue weighted by Crippen LogP contribution is 2.23. The van der Waals surface area contributed by atoms with E-state index in [1.165, 1.54) is 11.1 Å². The van der Waals surface area contributed by atoms with Crippen LogP contribution in [0.5, 0.6) is 0 Å². The van der Waals surface area contributed by atoms with Crippen LogP contribution in [0.25, 0.3) is 0 Å². The number of amides is 1. The number of hydrogen-bond donors (Lipinski definition) is 1. The number of rotatable bonds is 8. The summed E-state index contributed by atoms with van der Waals surface area (Å²) in [7, 11) is 4.03. The Labute approximate surface area is 161 Å². The minimum atomic E-state index is -0.391. The van der Waals surface area contributed by atoms with Crippen molar-refractivity contribution in [2.75, 3.05) is 27.2 Å². The zero-order valence-electron chi connectivity index (χ0n) is 16.2. The Morgan fingerprint density at radius 1 is 1.26 bits per heavy atom. The molecule has 0 saturated carbocycles. The van der Waals surface area contributed by atoms with Gasteiger partial charge < -0.3 is 19.5 Å². The third-order valence-electron chi connectivity index (χ3n) is 4.59. The van der Waals surface area contributed by atoms with E-state index in [1.807, 2.05) is 20.2 Å². The molecule has 0 spiro atoms. The topological polar surface area (TPSA) is 58.0 Å². The van der Waals surface area contributed by atoms with Gasteiger partial charge in [0.25, 0.3) is 0 Å². The molecule has 0 atom stereocenters. The van der Waals surface area contributed by atoms with Crippen molar-refractivity contribution in [2.45, 2.75) is 38.8 Å². The average Bonchev–Trinajstić information content (AvgIpc) is 3.03. The summed E-state index contributed by atoms with van der Waals surface area (Å²) < 4.78 is 5.89. The van der Waals surface area contributed by atoms with Crippen LogP contribution < -0.4 is 5.32 Å². The molecule has 0 unspecified atom stereocenters. The van der Waals surface area contributed by atoms with Gasteiger partial charge in [-0.1, -0.05) is 30.3 Å². The lowest BCUT2D eigenvalue weighted by atomic mass is 10.1. The molecule has 1 amide bonds. The van der Waals surface area contributed by atoms with Crippen molar-refractivity contribution in [3.8, 4) is 0 Å². The molecule has 1 aromatic carbocycles. The van der Waals surface area contributed by atoms with E-state index in [0.29, 0.717) is 19.6 Å². The molecule has 6 heteroatoms. The molecule has 1 aliphatic heterocycles. The molecule has 1 N–H and O–H groups in total. The zero-order chi connectivity index (χ0) is 19.1. The molecule has 0 radical (unpaired) electrons. The van der Waals surface area contributed by atoms with Crippen molar-refractivity contribution >= 4 is 6.09 Å². The maximum atomic E-state index is 12.0. The van der Waals surface area contributed by atoms with Gasteiger partial charge in [-0.2, -0.15) is 0 Å². The van der Waals surface area contributed by atoms with Gasteiger partial charge in [-0.3, -0.25) is 0 Å². The van der Waals surface area contributed by atoms with E-state index in [0.717, 1.165) is 43.7 Å². The summed E-state index contributed by atoms with van der Waals surface area (Å²) in [5.41, 5.74) is 2.55. The van der Waals surface area contributed by atoms with Crippen molar-refractivity contribution in [1.29, 1.82) is 0 Å². The first-order valence-corrected chi connectivity index (χ1v) is 9.60. The van der Waals surface area contributed by atoms with Crippen LogP contribution in [0.15, 0.2) is 40.8 Å². The Balaban J connectivity index is 1.34. The summed E-state index contributed by atoms with van der Waals surface area (Å²) >= 11 is 0. The van der Waals surface area contributed by atoms with Crippen LogP contribution in [-0.2, 0) is 30.8 Å². The molecule has 0 saturated heterocycles. The van der Waals surface area contributed by atoms with E-state index >= 15 is 0 Å². The summed E-state index contributed by atoms with van der Waals surface area (Å²) in [4.78, 5) is 19.5. The van der Waals surface area contributed by atoms with E-state index in [4.69, 9.17) is 9.25 Å². The molecule has 2 aromatic rings. The number of aryl methyl sites for hydroxylation is 1. The lowest BCUT2D eigenvalue weighted by Crippen LogP contribution is -2.37. The summed E-state index contributed by atoms with van der Waals surface area (Å²) in [6.45, 7) is 2.59. The smallest absolute Gasteiger partial charge is 0.426 e. The number of unbranched alkanes of at least 4 members (excludes halogenated alkanes) is 1. The van der Waals surface area contributed by atoms with Gasteiger partial charge in [0.15, 0.2) is 0 Å². The van der Waals surface area contributed by atoms with Crippen LogP contribution >= 0.6 is 0 Å². The van der Waals surface area contributed by atoms with E-state index < -0.39 is 6.09 Å². The number of benzene rings is 1. The summed E-state index contributed by atoms with van der Waals surface area (Å²) in [6, 6.07) is 12.5. The number of hydroxylamine groups is 2. The molecule has 0 bridgehead atoms. The first kappa shape index (κ1) is 19.5. The molecule has 27 heavy (non-hydrogen) atoms. The van der Waals surface area contributed by atoms with Crippen molar-refractivity contribution in [1.82, 2.24) is 15.3 Å². The number of hydrogen-bond acceptors (Lipinski definition) is 5. The highest BCUT2D eigenvalue weighted by atomic mass is 16.7. The van der Waals surface area contributed by atoms with Crippen molar-refractivity contribution in [3.63, 3.8) is 0 Å². The number of carbonyl (C=O) groups excluding carboxylic acids is 1. The Morgan fingerprint density at radius 3 is 2.85 bits per heavy atom. The fourth-order valence-corrected chi connectivity index (χ4v) is 3.26. The predicted molar refractivity (Wildman–Crippen MR) is 104 cm³/mol. The molecule has 3 rings (SSSR count). The maximum Gasteiger partial charge on any atom is 0.426 e. The highest BCUT2D eigenvalue weighted by Gasteiger charge is 2.23. The van der Waals surface area contributed by atoms with Gasteiger partial charge in [-0.15, -0.1) is 5.06 Å². The molecular weight excluding hydrogens is 342 g/mol. The number of nitrogens with one attached hydrogen (secondary N) is 1. The van der Waals surface area contributed by atoms with E-state index in [1.54, 1.807) is 5.06 Å². The number of furan rings is 1. The van der Waals surface area contributed by atoms with Gasteiger partial charge in [-0.05, 0) is 57.0 Å². The van der Waals surface area contributed by atoms with Crippen molar-refractivity contribution < 1.29 is 14.0 Å². The summed E-state index contributed by atoms with van der Waals surface area (Å²) in [5, 5.41) is 4.50. The molecule has 2 heterocycles. The molecule has 0 fully saturated rings. The third-order valence-corrected chi connectivity index (χ3v) is 4.59. The molecule has 0 aliphatic carbocycles. The maximum absolute atomic E-state index is 12.0. The van der Waals surface area contributed by atoms with Crippen molar-refractivity contribution in [2.24, 2.45) is 0 Å². The van der Waals surface area contributed by atoms with Crippen LogP contribution in [-0.4, -0.2) is 43.2 Å². The van der Waals surface area contributed by atoms with Crippen LogP contribution in [0, 0.1) is 0 Å². The van der Waals surface area contributed by atoms with Crippen molar-refractivity contribution in [3.05, 3.63) is 59.0 Å². The highest BCUT2D eigenvalue weighted by molar-refractivity contribution is 5.66. The number of nitrogens with zero attached hydrogens (tertiary/aromatic N) is 2. The summed E-state index contributed by atoms with van der Waals surface area (Å²) in [6.07, 6.45) is 3.44. The van der Waals surface area contributed by atoms with E-state index in [9.17, 15) is 4.79 Å². The van der Waals surface area contributed by atoms with Crippen LogP contribution in [0.2, 0.25) is 0 Å². The molecule has 1 aliphatic rings. The summed E-state index contributed by atoms with van der Waals surface area (Å²) in [5.74, 6) is 1.85. The van der Waals surface area contributed by atoms with Gasteiger partial charge in [0.2, 0.25) is 0 Å². The lowest BCUT2D eigenvalue weighted by molar-refractivity contribution is -0.115. The van der Waals surface area contributed by atoms with Gasteiger partial charge >= 0.3 is 6.09 Å². The Hall–Kier alpha value is -2.31. The molecular formula is C21H29N3O3. The monoisotopic (exact) mass is 371 g/mol. The fraction of sp³-hybridized carbons (Fsp3) is 0.476. The second-order valence-electron chi connectivity index (χ2n) is 7.26. The standard InChI is InChI=1S/C21H29N3O3/c1-23(2)15-19-14-18-11-13-24(16-20(18)26-19)27-21(25)22-12-7-6-10-17-8-4-3-5-9-17/h3-5,8-9,14H,6-7,10-13,15-16H2,1-2H3,(H,22,25). The van der Waals surface area contributed by atoms with Crippen LogP contribution in [0.3, 0.4) is 0 Å². The average molecular weight is 371 g/mol. The number of carbonyl (C=O) groups is 1. The normalized spacial score (nSPS) is 14.2. The quantitative estimate of drug-likeness (QED) is 0.721. The molecule has 6 nitrogen and oxygen atoms in total. The second kappa shape index (κ2) is 9.58. The predicted octanol–water partition coefficient (Wildman–Crippen LogP) is 3.36. The van der Waals surface area contributed by atoms with E-state index in [2.05, 4.69) is 40.5 Å². The van der Waals surface area contributed by atoms with Crippen LogP contribution in [0.4, 0.5) is 4.79 Å². The molecule has 1 aromatic heterocycles. The van der Waals surface area contributed by atoms with Gasteiger partial charge in [0.1, 0.15) is 11.5 Å². The van der Waals surface area contributed by atoms with Gasteiger partial charge in [-0.25, -0.2) is 4.79 Å². The SMILES string of the molecule is CN(C)Cc1cc2c(o1)CN(OC(=O)NCCCCc1ccccc1)CC2. The third kappa shape index (κ3) is 6.12. The van der Waals surface area contributed by atoms with Gasteiger partial charge in [0, 0.05) is 13.1 Å². The fourth-order valence-electron chi connectivity index (χ4n) is 3.26. The Bertz CT molecular complexity index is 728. The molecule has 146 valence electrons. The minimum Gasteiger partial charge on any atom is -0.463 e. The first-order chi connectivity index (χ1) is 13.1. The first-order valence-electron chi connectivity index (χ1n) is 9.60. The van der Waals surface area contributed by atoms with E-state index in [-0.39, 0.29) is 0 Å². The minimum absolute atomic E-state index is 0.391. The van der Waals surface area contributed by atoms with Gasteiger partial charge in [0.05, 0.1) is 13.1 Å².